The first-order valence-electron chi connectivity index (χ1n) is 17.0. The first kappa shape index (κ1) is 35.5. The van der Waals surface area contributed by atoms with Gasteiger partial charge in [0, 0.05) is 5.33 Å². The molecule has 35 heavy (non-hydrogen) atoms. The summed E-state index contributed by atoms with van der Waals surface area (Å²) in [7, 11) is 0. The van der Waals surface area contributed by atoms with E-state index in [1.807, 2.05) is 0 Å². The van der Waals surface area contributed by atoms with Crippen LogP contribution in [0.4, 0.5) is 0 Å². The second-order valence-corrected chi connectivity index (χ2v) is 12.4. The normalized spacial score (nSPS) is 11.5. The Hall–Kier alpha value is 0.480. The number of rotatable bonds is 32. The van der Waals surface area contributed by atoms with Crippen molar-refractivity contribution in [2.24, 2.45) is 0 Å². The first-order chi connectivity index (χ1) is 17.4. The fourth-order valence-electron chi connectivity index (χ4n) is 5.47. The smallest absolute Gasteiger partial charge is 0.00313 e. The van der Waals surface area contributed by atoms with Crippen LogP contribution in [-0.2, 0) is 0 Å². The molecule has 0 bridgehead atoms. The largest absolute Gasteiger partial charge is 0.0928 e. The van der Waals surface area contributed by atoms with Crippen LogP contribution in [0.3, 0.4) is 0 Å². The Morgan fingerprint density at radius 3 is 0.514 bits per heavy atom. The monoisotopic (exact) mass is 556 g/mol. The Morgan fingerprint density at radius 1 is 0.229 bits per heavy atom. The highest BCUT2D eigenvalue weighted by atomic mass is 79.9. The molecule has 0 radical (unpaired) electrons. The van der Waals surface area contributed by atoms with Crippen molar-refractivity contribution in [2.45, 2.75) is 212 Å². The van der Waals surface area contributed by atoms with E-state index in [4.69, 9.17) is 0 Å². The van der Waals surface area contributed by atoms with E-state index in [9.17, 15) is 0 Å². The van der Waals surface area contributed by atoms with E-state index in [-0.39, 0.29) is 0 Å². The van der Waals surface area contributed by atoms with Crippen molar-refractivity contribution >= 4 is 15.9 Å². The molecule has 0 saturated heterocycles. The van der Waals surface area contributed by atoms with Gasteiger partial charge in [-0.15, -0.1) is 0 Å². The Kier molecular flexibility index (Phi) is 35.0. The summed E-state index contributed by atoms with van der Waals surface area (Å²) in [5.74, 6) is 0. The maximum atomic E-state index is 3.52. The number of halogens is 1. The number of hydrogen-bond acceptors (Lipinski definition) is 0. The van der Waals surface area contributed by atoms with Crippen molar-refractivity contribution in [3.63, 3.8) is 0 Å². The highest BCUT2D eigenvalue weighted by molar-refractivity contribution is 9.09. The van der Waals surface area contributed by atoms with Gasteiger partial charge in [-0.2, -0.15) is 0 Å². The van der Waals surface area contributed by atoms with E-state index in [1.165, 1.54) is 211 Å². The van der Waals surface area contributed by atoms with Gasteiger partial charge in [0.05, 0.1) is 0 Å². The van der Waals surface area contributed by atoms with Crippen molar-refractivity contribution in [3.8, 4) is 0 Å². The van der Waals surface area contributed by atoms with E-state index in [0.29, 0.717) is 0 Å². The third-order valence-corrected chi connectivity index (χ3v) is 8.55. The molecule has 0 aromatic rings. The molecule has 212 valence electrons. The molecule has 0 heterocycles. The van der Waals surface area contributed by atoms with Crippen LogP contribution >= 0.6 is 15.9 Å². The Labute approximate surface area is 233 Å². The lowest BCUT2D eigenvalue weighted by Gasteiger charge is -2.04. The third kappa shape index (κ3) is 34.5. The average molecular weight is 558 g/mol. The number of unbranched alkanes of at least 4 members (excludes halogenated alkanes) is 31. The van der Waals surface area contributed by atoms with Gasteiger partial charge in [-0.05, 0) is 6.42 Å². The molecule has 1 heteroatoms. The number of alkyl halides is 1. The van der Waals surface area contributed by atoms with Crippen molar-refractivity contribution in [1.29, 1.82) is 0 Å². The van der Waals surface area contributed by atoms with Gasteiger partial charge in [-0.3, -0.25) is 0 Å². The molecule has 0 amide bonds. The molecule has 0 fully saturated rings. The predicted molar refractivity (Wildman–Crippen MR) is 167 cm³/mol. The van der Waals surface area contributed by atoms with E-state index in [2.05, 4.69) is 22.9 Å². The number of hydrogen-bond donors (Lipinski definition) is 0. The molecule has 0 aromatic heterocycles. The van der Waals surface area contributed by atoms with Crippen molar-refractivity contribution < 1.29 is 0 Å². The van der Waals surface area contributed by atoms with Gasteiger partial charge >= 0.3 is 0 Å². The first-order valence-corrected chi connectivity index (χ1v) is 18.1. The summed E-state index contributed by atoms with van der Waals surface area (Å²) in [6.07, 6.45) is 47.2. The maximum Gasteiger partial charge on any atom is 0.00313 e. The van der Waals surface area contributed by atoms with Crippen LogP contribution in [0.5, 0.6) is 0 Å². The summed E-state index contributed by atoms with van der Waals surface area (Å²) in [5, 5.41) is 1.19. The van der Waals surface area contributed by atoms with Crippen molar-refractivity contribution in [2.75, 3.05) is 5.33 Å². The van der Waals surface area contributed by atoms with Gasteiger partial charge in [0.15, 0.2) is 0 Å². The zero-order valence-corrected chi connectivity index (χ0v) is 26.3. The lowest BCUT2D eigenvalue weighted by Crippen LogP contribution is -1.85. The third-order valence-electron chi connectivity index (χ3n) is 7.99. The molecule has 0 rings (SSSR count). The summed E-state index contributed by atoms with van der Waals surface area (Å²) in [4.78, 5) is 0. The fourth-order valence-corrected chi connectivity index (χ4v) is 5.87. The Balaban J connectivity index is 3.00. The molecule has 0 aliphatic rings. The molecular weight excluding hydrogens is 488 g/mol. The van der Waals surface area contributed by atoms with Crippen LogP contribution < -0.4 is 0 Å². The van der Waals surface area contributed by atoms with E-state index in [1.54, 1.807) is 0 Å². The molecule has 0 nitrogen and oxygen atoms in total. The summed E-state index contributed by atoms with van der Waals surface area (Å²) >= 11 is 3.52. The molecule has 0 aromatic carbocycles. The van der Waals surface area contributed by atoms with Crippen LogP contribution in [0.15, 0.2) is 0 Å². The highest BCUT2D eigenvalue weighted by Gasteiger charge is 1.97. The molecular formula is C34H69Br. The van der Waals surface area contributed by atoms with Crippen LogP contribution in [0.2, 0.25) is 0 Å². The molecule has 0 aliphatic heterocycles. The second-order valence-electron chi connectivity index (χ2n) is 11.6. The molecule has 0 spiro atoms. The quantitative estimate of drug-likeness (QED) is 0.0570. The summed E-state index contributed by atoms with van der Waals surface area (Å²) in [5.41, 5.74) is 0. The summed E-state index contributed by atoms with van der Waals surface area (Å²) < 4.78 is 0. The van der Waals surface area contributed by atoms with Crippen LogP contribution in [0.25, 0.3) is 0 Å². The minimum absolute atomic E-state index is 1.19. The van der Waals surface area contributed by atoms with Crippen LogP contribution in [-0.4, -0.2) is 5.33 Å². The van der Waals surface area contributed by atoms with E-state index in [0.717, 1.165) is 0 Å². The average Bonchev–Trinajstić information content (AvgIpc) is 2.87. The van der Waals surface area contributed by atoms with E-state index >= 15 is 0 Å². The minimum atomic E-state index is 1.19. The standard InChI is InChI=1S/C34H69Br/c1-2-3-4-5-6-7-8-9-10-11-12-13-14-15-16-17-18-19-20-21-22-23-24-25-26-27-28-29-30-31-32-33-34-35/h2-34H2,1H3. The summed E-state index contributed by atoms with van der Waals surface area (Å²) in [6, 6.07) is 0. The fraction of sp³-hybridized carbons (Fsp3) is 1.00. The Morgan fingerprint density at radius 2 is 0.371 bits per heavy atom. The molecule has 0 unspecified atom stereocenters. The molecule has 0 atom stereocenters. The van der Waals surface area contributed by atoms with Gasteiger partial charge in [-0.1, -0.05) is 222 Å². The van der Waals surface area contributed by atoms with Crippen molar-refractivity contribution in [1.82, 2.24) is 0 Å². The van der Waals surface area contributed by atoms with Gasteiger partial charge in [0.2, 0.25) is 0 Å². The lowest BCUT2D eigenvalue weighted by molar-refractivity contribution is 0.512. The minimum Gasteiger partial charge on any atom is -0.0928 e. The molecule has 0 saturated carbocycles. The van der Waals surface area contributed by atoms with Crippen LogP contribution in [0.1, 0.15) is 212 Å². The maximum absolute atomic E-state index is 3.52. The highest BCUT2D eigenvalue weighted by Crippen LogP contribution is 2.16. The second kappa shape index (κ2) is 34.5. The van der Waals surface area contributed by atoms with Gasteiger partial charge in [0.1, 0.15) is 0 Å². The van der Waals surface area contributed by atoms with Gasteiger partial charge in [-0.25, -0.2) is 0 Å². The SMILES string of the molecule is CCCCCCCCCCCCCCCCCCCCCCCCCCCCCCCCCCBr. The van der Waals surface area contributed by atoms with Crippen LogP contribution in [0, 0.1) is 0 Å². The topological polar surface area (TPSA) is 0 Å². The molecule has 0 aliphatic carbocycles. The predicted octanol–water partition coefficient (Wildman–Crippen LogP) is 13.9. The van der Waals surface area contributed by atoms with Crippen molar-refractivity contribution in [3.05, 3.63) is 0 Å². The Bertz CT molecular complexity index is 307. The van der Waals surface area contributed by atoms with Gasteiger partial charge < -0.3 is 0 Å². The lowest BCUT2D eigenvalue weighted by atomic mass is 10.0. The van der Waals surface area contributed by atoms with E-state index < -0.39 is 0 Å². The zero-order valence-electron chi connectivity index (χ0n) is 24.7. The summed E-state index contributed by atoms with van der Waals surface area (Å²) in [6.45, 7) is 2.31. The zero-order chi connectivity index (χ0) is 25.3. The van der Waals surface area contributed by atoms with Gasteiger partial charge in [0.25, 0.3) is 0 Å². The molecule has 0 N–H and O–H groups in total.